The zero-order valence-electron chi connectivity index (χ0n) is 17.3. The quantitative estimate of drug-likeness (QED) is 0.715. The van der Waals surface area contributed by atoms with Gasteiger partial charge in [0.25, 0.3) is 0 Å². The number of halogens is 1. The smallest absolute Gasteiger partial charge is 0.227 e. The van der Waals surface area contributed by atoms with Crippen LogP contribution in [-0.4, -0.2) is 66.7 Å². The lowest BCUT2D eigenvalue weighted by Crippen LogP contribution is -2.49. The van der Waals surface area contributed by atoms with Crippen LogP contribution in [0, 0.1) is 13.8 Å². The molecule has 4 rings (SSSR count). The van der Waals surface area contributed by atoms with Crippen LogP contribution in [0.2, 0.25) is 5.02 Å². The molecule has 1 unspecified atom stereocenters. The summed E-state index contributed by atoms with van der Waals surface area (Å²) in [4.78, 5) is 17.1. The molecular formula is C21H27ClN4O3S. The Labute approximate surface area is 182 Å². The molecular weight excluding hydrogens is 424 g/mol. The minimum Gasteiger partial charge on any atom is -0.368 e. The van der Waals surface area contributed by atoms with Crippen LogP contribution >= 0.6 is 11.6 Å². The molecule has 2 aromatic rings. The van der Waals surface area contributed by atoms with Crippen LogP contribution in [-0.2, 0) is 21.1 Å². The van der Waals surface area contributed by atoms with Crippen molar-refractivity contribution in [2.75, 3.05) is 42.6 Å². The summed E-state index contributed by atoms with van der Waals surface area (Å²) in [6, 6.07) is 7.65. The Bertz CT molecular complexity index is 1060. The molecule has 2 fully saturated rings. The van der Waals surface area contributed by atoms with E-state index in [1.165, 1.54) is 0 Å². The number of benzene rings is 1. The molecule has 1 aromatic heterocycles. The minimum absolute atomic E-state index is 0.0885. The van der Waals surface area contributed by atoms with Crippen molar-refractivity contribution < 1.29 is 13.2 Å². The summed E-state index contributed by atoms with van der Waals surface area (Å²) in [5.41, 5.74) is 3.71. The van der Waals surface area contributed by atoms with Gasteiger partial charge in [0.05, 0.1) is 29.7 Å². The van der Waals surface area contributed by atoms with E-state index in [0.29, 0.717) is 31.0 Å². The molecule has 2 aliphatic heterocycles. The highest BCUT2D eigenvalue weighted by Gasteiger charge is 2.32. The fraction of sp³-hybridized carbons (Fsp3) is 0.524. The average molecular weight is 451 g/mol. The van der Waals surface area contributed by atoms with Crippen molar-refractivity contribution in [3.05, 3.63) is 46.2 Å². The van der Waals surface area contributed by atoms with Crippen molar-refractivity contribution in [2.45, 2.75) is 32.7 Å². The molecule has 0 aliphatic carbocycles. The highest BCUT2D eigenvalue weighted by atomic mass is 35.5. The summed E-state index contributed by atoms with van der Waals surface area (Å²) < 4.78 is 25.5. The highest BCUT2D eigenvalue weighted by molar-refractivity contribution is 7.91. The summed E-state index contributed by atoms with van der Waals surface area (Å²) >= 11 is 6.10. The summed E-state index contributed by atoms with van der Waals surface area (Å²) in [6.07, 6.45) is 0.886. The highest BCUT2D eigenvalue weighted by Crippen LogP contribution is 2.27. The monoisotopic (exact) mass is 450 g/mol. The fourth-order valence-electron chi connectivity index (χ4n) is 4.43. The second kappa shape index (κ2) is 8.23. The number of rotatable bonds is 4. The van der Waals surface area contributed by atoms with Crippen molar-refractivity contribution >= 4 is 33.0 Å². The van der Waals surface area contributed by atoms with Gasteiger partial charge in [-0.2, -0.15) is 5.10 Å². The number of piperazine rings is 1. The molecule has 2 aliphatic rings. The molecule has 162 valence electrons. The van der Waals surface area contributed by atoms with Gasteiger partial charge in [0.15, 0.2) is 9.84 Å². The minimum atomic E-state index is -2.98. The molecule has 2 saturated heterocycles. The maximum Gasteiger partial charge on any atom is 0.227 e. The molecule has 0 bridgehead atoms. The normalized spacial score (nSPS) is 21.2. The topological polar surface area (TPSA) is 75.5 Å². The summed E-state index contributed by atoms with van der Waals surface area (Å²) in [7, 11) is -2.98. The number of sulfone groups is 1. The maximum absolute atomic E-state index is 13.0. The van der Waals surface area contributed by atoms with Gasteiger partial charge in [0.1, 0.15) is 0 Å². The third-order valence-electron chi connectivity index (χ3n) is 6.16. The maximum atomic E-state index is 13.0. The molecule has 9 heteroatoms. The first kappa shape index (κ1) is 21.2. The third kappa shape index (κ3) is 4.34. The Morgan fingerprint density at radius 3 is 2.57 bits per heavy atom. The van der Waals surface area contributed by atoms with Gasteiger partial charge in [-0.1, -0.05) is 17.7 Å². The molecule has 0 saturated carbocycles. The Kier molecular flexibility index (Phi) is 5.81. The van der Waals surface area contributed by atoms with Crippen LogP contribution in [0.25, 0.3) is 0 Å². The van der Waals surface area contributed by atoms with E-state index in [-0.39, 0.29) is 23.5 Å². The van der Waals surface area contributed by atoms with Gasteiger partial charge in [-0.05, 0) is 38.5 Å². The van der Waals surface area contributed by atoms with Crippen molar-refractivity contribution in [1.82, 2.24) is 14.7 Å². The van der Waals surface area contributed by atoms with Gasteiger partial charge in [-0.15, -0.1) is 0 Å². The van der Waals surface area contributed by atoms with Crippen LogP contribution in [0.4, 0.5) is 5.69 Å². The standard InChI is InChI=1S/C21H27ClN4O3S/c1-15-20(16(2)26(23-15)19-6-11-30(28,29)14-19)13-21(27)25-9-7-24(8-10-25)18-5-3-4-17(22)12-18/h3-5,12,19H,6-11,13-14H2,1-2H3. The Hall–Kier alpha value is -2.06. The number of aryl methyl sites for hydroxylation is 1. The number of carbonyl (C=O) groups is 1. The van der Waals surface area contributed by atoms with Crippen LogP contribution in [0.1, 0.15) is 29.4 Å². The first-order chi connectivity index (χ1) is 14.2. The molecule has 0 spiro atoms. The first-order valence-corrected chi connectivity index (χ1v) is 12.5. The fourth-order valence-corrected chi connectivity index (χ4v) is 6.30. The Morgan fingerprint density at radius 1 is 1.20 bits per heavy atom. The summed E-state index contributed by atoms with van der Waals surface area (Å²) in [5.74, 6) is 0.431. The van der Waals surface area contributed by atoms with E-state index in [1.54, 1.807) is 0 Å². The Balaban J connectivity index is 1.40. The second-order valence-corrected chi connectivity index (χ2v) is 10.8. The molecule has 7 nitrogen and oxygen atoms in total. The van der Waals surface area contributed by atoms with Crippen molar-refractivity contribution in [3.63, 3.8) is 0 Å². The van der Waals surface area contributed by atoms with Crippen molar-refractivity contribution in [3.8, 4) is 0 Å². The number of hydrogen-bond acceptors (Lipinski definition) is 5. The second-order valence-electron chi connectivity index (χ2n) is 8.18. The van der Waals surface area contributed by atoms with Crippen LogP contribution < -0.4 is 4.90 Å². The lowest BCUT2D eigenvalue weighted by Gasteiger charge is -2.36. The lowest BCUT2D eigenvalue weighted by molar-refractivity contribution is -0.130. The van der Waals surface area contributed by atoms with Gasteiger partial charge in [-0.3, -0.25) is 9.48 Å². The van der Waals surface area contributed by atoms with Crippen molar-refractivity contribution in [2.24, 2.45) is 0 Å². The summed E-state index contributed by atoms with van der Waals surface area (Å²) in [6.45, 7) is 6.70. The van der Waals surface area contributed by atoms with E-state index < -0.39 is 9.84 Å². The third-order valence-corrected chi connectivity index (χ3v) is 8.15. The number of nitrogens with zero attached hydrogens (tertiary/aromatic N) is 4. The molecule has 30 heavy (non-hydrogen) atoms. The molecule has 1 aromatic carbocycles. The number of carbonyl (C=O) groups excluding carboxylic acids is 1. The zero-order valence-corrected chi connectivity index (χ0v) is 18.9. The Morgan fingerprint density at radius 2 is 1.93 bits per heavy atom. The molecule has 0 N–H and O–H groups in total. The molecule has 0 radical (unpaired) electrons. The largest absolute Gasteiger partial charge is 0.368 e. The van der Waals surface area contributed by atoms with Crippen molar-refractivity contribution in [1.29, 1.82) is 0 Å². The van der Waals surface area contributed by atoms with Crippen LogP contribution in [0.5, 0.6) is 0 Å². The van der Waals surface area contributed by atoms with E-state index in [4.69, 9.17) is 11.6 Å². The first-order valence-electron chi connectivity index (χ1n) is 10.3. The van der Waals surface area contributed by atoms with Crippen LogP contribution in [0.3, 0.4) is 0 Å². The number of aromatic nitrogens is 2. The van der Waals surface area contributed by atoms with Gasteiger partial charge in [0.2, 0.25) is 5.91 Å². The number of anilines is 1. The van der Waals surface area contributed by atoms with E-state index in [0.717, 1.165) is 35.7 Å². The number of amides is 1. The average Bonchev–Trinajstić information content (AvgIpc) is 3.21. The zero-order chi connectivity index (χ0) is 21.5. The molecule has 1 atom stereocenters. The lowest BCUT2D eigenvalue weighted by atomic mass is 10.1. The predicted octanol–water partition coefficient (Wildman–Crippen LogP) is 2.40. The van der Waals surface area contributed by atoms with E-state index in [1.807, 2.05) is 47.7 Å². The van der Waals surface area contributed by atoms with Gasteiger partial charge in [-0.25, -0.2) is 8.42 Å². The van der Waals surface area contributed by atoms with Gasteiger partial charge >= 0.3 is 0 Å². The number of hydrogen-bond donors (Lipinski definition) is 0. The van der Waals surface area contributed by atoms with E-state index in [9.17, 15) is 13.2 Å². The predicted molar refractivity (Wildman–Crippen MR) is 118 cm³/mol. The molecule has 1 amide bonds. The van der Waals surface area contributed by atoms with E-state index in [2.05, 4.69) is 10.00 Å². The van der Waals surface area contributed by atoms with Crippen LogP contribution in [0.15, 0.2) is 24.3 Å². The summed E-state index contributed by atoms with van der Waals surface area (Å²) in [5, 5.41) is 5.29. The van der Waals surface area contributed by atoms with E-state index >= 15 is 0 Å². The van der Waals surface area contributed by atoms with Gasteiger partial charge in [0, 0.05) is 48.1 Å². The molecule has 3 heterocycles. The SMILES string of the molecule is Cc1nn(C2CCS(=O)(=O)C2)c(C)c1CC(=O)N1CCN(c2cccc(Cl)c2)CC1. The van der Waals surface area contributed by atoms with Gasteiger partial charge < -0.3 is 9.80 Å².